The molecule has 0 bridgehead atoms. The zero-order valence-corrected chi connectivity index (χ0v) is 15.0. The van der Waals surface area contributed by atoms with Crippen LogP contribution in [0.3, 0.4) is 0 Å². The predicted octanol–water partition coefficient (Wildman–Crippen LogP) is 2.40. The van der Waals surface area contributed by atoms with Gasteiger partial charge in [0.25, 0.3) is 0 Å². The average Bonchev–Trinajstić information content (AvgIpc) is 3.30. The first-order chi connectivity index (χ1) is 12.9. The molecular weight excluding hydrogens is 344 g/mol. The fraction of sp³-hybridized carbons (Fsp3) is 0.263. The van der Waals surface area contributed by atoms with Crippen LogP contribution in [-0.2, 0) is 0 Å². The highest BCUT2D eigenvalue weighted by molar-refractivity contribution is 5.77. The Bertz CT molecular complexity index is 1070. The summed E-state index contributed by atoms with van der Waals surface area (Å²) in [5.74, 6) is 0.679. The third-order valence-corrected chi connectivity index (χ3v) is 4.29. The highest BCUT2D eigenvalue weighted by Crippen LogP contribution is 2.26. The van der Waals surface area contributed by atoms with Crippen LogP contribution in [0.5, 0.6) is 0 Å². The van der Waals surface area contributed by atoms with Crippen LogP contribution in [0.1, 0.15) is 31.9 Å². The summed E-state index contributed by atoms with van der Waals surface area (Å²) < 4.78 is 1.74. The Labute approximate surface area is 155 Å². The lowest BCUT2D eigenvalue weighted by atomic mass is 9.97. The monoisotopic (exact) mass is 364 g/mol. The van der Waals surface area contributed by atoms with Crippen LogP contribution in [0.2, 0.25) is 0 Å². The molecule has 4 aromatic rings. The molecule has 27 heavy (non-hydrogen) atoms. The number of benzene rings is 1. The van der Waals surface area contributed by atoms with Crippen LogP contribution in [0.25, 0.3) is 28.1 Å². The zero-order chi connectivity index (χ0) is 19.0. The standard InChI is InChI=1S/C19H20N6O2/c1-19(2,27)8-16(26)13-6-14-10-23-25(18(14)20-9-13)15-5-3-4-12(7-15)17-21-11-22-24-17/h3-7,9-11,16,26-27H,8H2,1-2H3,(H,21,22,24)/t16-/m0/s1. The van der Waals surface area contributed by atoms with Crippen molar-refractivity contribution in [2.45, 2.75) is 32.0 Å². The topological polar surface area (TPSA) is 113 Å². The fourth-order valence-electron chi connectivity index (χ4n) is 3.03. The third-order valence-electron chi connectivity index (χ3n) is 4.29. The number of aromatic amines is 1. The number of hydrogen-bond donors (Lipinski definition) is 3. The highest BCUT2D eigenvalue weighted by Gasteiger charge is 2.21. The second kappa shape index (κ2) is 6.57. The van der Waals surface area contributed by atoms with Gasteiger partial charge in [-0.1, -0.05) is 12.1 Å². The maximum Gasteiger partial charge on any atom is 0.162 e. The van der Waals surface area contributed by atoms with E-state index >= 15 is 0 Å². The minimum Gasteiger partial charge on any atom is -0.390 e. The Kier molecular flexibility index (Phi) is 4.21. The predicted molar refractivity (Wildman–Crippen MR) is 100 cm³/mol. The van der Waals surface area contributed by atoms with E-state index in [1.165, 1.54) is 6.33 Å². The molecule has 3 aromatic heterocycles. The summed E-state index contributed by atoms with van der Waals surface area (Å²) in [6, 6.07) is 9.59. The summed E-state index contributed by atoms with van der Waals surface area (Å²) >= 11 is 0. The Morgan fingerprint density at radius 1 is 1.19 bits per heavy atom. The van der Waals surface area contributed by atoms with Gasteiger partial charge >= 0.3 is 0 Å². The number of rotatable bonds is 5. The lowest BCUT2D eigenvalue weighted by Crippen LogP contribution is -2.22. The van der Waals surface area contributed by atoms with Gasteiger partial charge < -0.3 is 10.2 Å². The van der Waals surface area contributed by atoms with E-state index in [-0.39, 0.29) is 6.42 Å². The summed E-state index contributed by atoms with van der Waals surface area (Å²) in [5, 5.41) is 32.2. The molecule has 0 radical (unpaired) electrons. The van der Waals surface area contributed by atoms with E-state index < -0.39 is 11.7 Å². The first kappa shape index (κ1) is 17.3. The quantitative estimate of drug-likeness (QED) is 0.501. The molecular formula is C19H20N6O2. The Balaban J connectivity index is 1.69. The average molecular weight is 364 g/mol. The van der Waals surface area contributed by atoms with Crippen molar-refractivity contribution in [1.29, 1.82) is 0 Å². The fourth-order valence-corrected chi connectivity index (χ4v) is 3.03. The lowest BCUT2D eigenvalue weighted by Gasteiger charge is -2.21. The van der Waals surface area contributed by atoms with Crippen LogP contribution in [-0.4, -0.2) is 45.8 Å². The maximum atomic E-state index is 10.3. The number of nitrogens with zero attached hydrogens (tertiary/aromatic N) is 5. The van der Waals surface area contributed by atoms with E-state index in [9.17, 15) is 10.2 Å². The highest BCUT2D eigenvalue weighted by atomic mass is 16.3. The van der Waals surface area contributed by atoms with E-state index in [0.29, 0.717) is 17.0 Å². The summed E-state index contributed by atoms with van der Waals surface area (Å²) in [6.45, 7) is 3.34. The minimum atomic E-state index is -0.959. The largest absolute Gasteiger partial charge is 0.390 e. The normalized spacial score (nSPS) is 13.2. The van der Waals surface area contributed by atoms with Crippen LogP contribution < -0.4 is 0 Å². The molecule has 1 atom stereocenters. The van der Waals surface area contributed by atoms with E-state index in [1.54, 1.807) is 30.9 Å². The molecule has 0 aliphatic heterocycles. The summed E-state index contributed by atoms with van der Waals surface area (Å²) in [5.41, 5.74) is 2.12. The maximum absolute atomic E-state index is 10.3. The molecule has 0 fully saturated rings. The number of aliphatic hydroxyl groups excluding tert-OH is 1. The molecule has 0 saturated carbocycles. The van der Waals surface area contributed by atoms with Crippen molar-refractivity contribution >= 4 is 11.0 Å². The van der Waals surface area contributed by atoms with E-state index in [4.69, 9.17) is 0 Å². The summed E-state index contributed by atoms with van der Waals surface area (Å²) in [6.07, 6.45) is 4.24. The number of aliphatic hydroxyl groups is 2. The Hall–Kier alpha value is -3.10. The van der Waals surface area contributed by atoms with Crippen LogP contribution in [0.4, 0.5) is 0 Å². The SMILES string of the molecule is CC(C)(O)C[C@H](O)c1cnc2c(cnn2-c2cccc(-c3ncn[nH]3)c2)c1. The van der Waals surface area contributed by atoms with Crippen molar-refractivity contribution in [2.24, 2.45) is 0 Å². The first-order valence-electron chi connectivity index (χ1n) is 8.61. The van der Waals surface area contributed by atoms with E-state index in [2.05, 4.69) is 25.3 Å². The minimum absolute atomic E-state index is 0.230. The van der Waals surface area contributed by atoms with Crippen LogP contribution in [0.15, 0.2) is 49.1 Å². The van der Waals surface area contributed by atoms with E-state index in [1.807, 2.05) is 30.3 Å². The van der Waals surface area contributed by atoms with Crippen molar-refractivity contribution in [2.75, 3.05) is 0 Å². The molecule has 0 saturated heterocycles. The van der Waals surface area contributed by atoms with Gasteiger partial charge in [-0.15, -0.1) is 0 Å². The molecule has 8 heteroatoms. The second-order valence-corrected chi connectivity index (χ2v) is 7.15. The van der Waals surface area contributed by atoms with Crippen molar-refractivity contribution in [3.63, 3.8) is 0 Å². The van der Waals surface area contributed by atoms with Gasteiger partial charge in [0.1, 0.15) is 6.33 Å². The first-order valence-corrected chi connectivity index (χ1v) is 8.61. The van der Waals surface area contributed by atoms with E-state index in [0.717, 1.165) is 16.6 Å². The molecule has 0 unspecified atom stereocenters. The number of aromatic nitrogens is 6. The van der Waals surface area contributed by atoms with Crippen molar-refractivity contribution in [1.82, 2.24) is 29.9 Å². The Morgan fingerprint density at radius 2 is 2.04 bits per heavy atom. The summed E-state index contributed by atoms with van der Waals surface area (Å²) in [7, 11) is 0. The molecule has 0 amide bonds. The van der Waals surface area contributed by atoms with Gasteiger partial charge in [-0.25, -0.2) is 14.6 Å². The summed E-state index contributed by atoms with van der Waals surface area (Å²) in [4.78, 5) is 8.66. The molecule has 3 N–H and O–H groups in total. The van der Waals surface area contributed by atoms with Crippen molar-refractivity contribution in [3.05, 3.63) is 54.6 Å². The molecule has 3 heterocycles. The van der Waals surface area contributed by atoms with Gasteiger partial charge in [-0.3, -0.25) is 5.10 Å². The molecule has 0 aliphatic carbocycles. The molecule has 4 rings (SSSR count). The lowest BCUT2D eigenvalue weighted by molar-refractivity contribution is 0.0178. The Morgan fingerprint density at radius 3 is 2.78 bits per heavy atom. The molecule has 8 nitrogen and oxygen atoms in total. The second-order valence-electron chi connectivity index (χ2n) is 7.15. The van der Waals surface area contributed by atoms with Gasteiger partial charge in [-0.05, 0) is 37.6 Å². The van der Waals surface area contributed by atoms with Crippen LogP contribution >= 0.6 is 0 Å². The third kappa shape index (κ3) is 3.57. The van der Waals surface area contributed by atoms with Gasteiger partial charge in [0.15, 0.2) is 11.5 Å². The molecule has 0 spiro atoms. The number of hydrogen-bond acceptors (Lipinski definition) is 6. The van der Waals surface area contributed by atoms with Gasteiger partial charge in [0.2, 0.25) is 0 Å². The number of pyridine rings is 1. The number of fused-ring (bicyclic) bond motifs is 1. The molecule has 0 aliphatic rings. The number of H-pyrrole nitrogens is 1. The molecule has 1 aromatic carbocycles. The zero-order valence-electron chi connectivity index (χ0n) is 15.0. The van der Waals surface area contributed by atoms with Crippen molar-refractivity contribution < 1.29 is 10.2 Å². The van der Waals surface area contributed by atoms with Gasteiger partial charge in [0, 0.05) is 23.6 Å². The number of nitrogens with one attached hydrogen (secondary N) is 1. The van der Waals surface area contributed by atoms with Gasteiger partial charge in [0.05, 0.1) is 23.6 Å². The molecule has 138 valence electrons. The van der Waals surface area contributed by atoms with Crippen LogP contribution in [0, 0.1) is 0 Å². The van der Waals surface area contributed by atoms with Gasteiger partial charge in [-0.2, -0.15) is 10.2 Å². The smallest absolute Gasteiger partial charge is 0.162 e. The van der Waals surface area contributed by atoms with Crippen molar-refractivity contribution in [3.8, 4) is 17.1 Å².